The number of pyridine rings is 2. The van der Waals surface area contributed by atoms with Crippen LogP contribution in [0.3, 0.4) is 0 Å². The lowest BCUT2D eigenvalue weighted by Crippen LogP contribution is -2.49. The maximum atomic E-state index is 11.6. The molecule has 268 valence electrons. The van der Waals surface area contributed by atoms with Crippen molar-refractivity contribution in [1.29, 1.82) is 0 Å². The van der Waals surface area contributed by atoms with Gasteiger partial charge in [-0.2, -0.15) is 0 Å². The molecule has 1 fully saturated rings. The van der Waals surface area contributed by atoms with Crippen LogP contribution in [0.4, 0.5) is 0 Å². The van der Waals surface area contributed by atoms with E-state index in [1.807, 2.05) is 24.5 Å². The Morgan fingerprint density at radius 3 is 0.980 bits per heavy atom. The Balaban J connectivity index is 1.58. The highest BCUT2D eigenvalue weighted by Gasteiger charge is 2.36. The highest BCUT2D eigenvalue weighted by Crippen LogP contribution is 2.45. The molecule has 6 nitrogen and oxygen atoms in total. The molecule has 0 radical (unpaired) electrons. The predicted octanol–water partition coefficient (Wildman–Crippen LogP) is 9.57. The van der Waals surface area contributed by atoms with Gasteiger partial charge < -0.3 is 10.2 Å². The largest absolute Gasteiger partial charge is 0.507 e. The van der Waals surface area contributed by atoms with Crippen LogP contribution in [0.15, 0.2) is 73.1 Å². The molecule has 6 heteroatoms. The summed E-state index contributed by atoms with van der Waals surface area (Å²) >= 11 is 0. The van der Waals surface area contributed by atoms with Gasteiger partial charge in [0.2, 0.25) is 0 Å². The summed E-state index contributed by atoms with van der Waals surface area (Å²) in [6.07, 6.45) is 3.77. The van der Waals surface area contributed by atoms with Gasteiger partial charge in [0, 0.05) is 38.6 Å². The van der Waals surface area contributed by atoms with E-state index in [0.29, 0.717) is 11.5 Å². The van der Waals surface area contributed by atoms with Gasteiger partial charge in [0.05, 0.1) is 23.5 Å². The van der Waals surface area contributed by atoms with Crippen LogP contribution in [-0.2, 0) is 21.7 Å². The molecular weight excluding hydrogens is 617 g/mol. The highest BCUT2D eigenvalue weighted by atomic mass is 16.3. The molecule has 0 unspecified atom stereocenters. The summed E-state index contributed by atoms with van der Waals surface area (Å²) in [6, 6.07) is 21.1. The number of piperazine rings is 1. The van der Waals surface area contributed by atoms with Gasteiger partial charge in [-0.05, 0) is 104 Å². The summed E-state index contributed by atoms with van der Waals surface area (Å²) in [5, 5.41) is 23.1. The van der Waals surface area contributed by atoms with E-state index in [1.165, 1.54) is 0 Å². The topological polar surface area (TPSA) is 72.7 Å². The summed E-state index contributed by atoms with van der Waals surface area (Å²) in [7, 11) is 0. The Morgan fingerprint density at radius 1 is 0.480 bits per heavy atom. The van der Waals surface area contributed by atoms with Crippen molar-refractivity contribution in [3.63, 3.8) is 0 Å². The van der Waals surface area contributed by atoms with Crippen molar-refractivity contribution in [2.24, 2.45) is 0 Å². The van der Waals surface area contributed by atoms with Crippen LogP contribution >= 0.6 is 0 Å². The van der Waals surface area contributed by atoms with Crippen molar-refractivity contribution >= 4 is 0 Å². The lowest BCUT2D eigenvalue weighted by molar-refractivity contribution is 0.0874. The van der Waals surface area contributed by atoms with Crippen molar-refractivity contribution in [1.82, 2.24) is 19.8 Å². The van der Waals surface area contributed by atoms with Crippen molar-refractivity contribution in [3.8, 4) is 11.5 Å². The van der Waals surface area contributed by atoms with Gasteiger partial charge >= 0.3 is 0 Å². The number of benzene rings is 2. The first-order valence-corrected chi connectivity index (χ1v) is 18.2. The van der Waals surface area contributed by atoms with Gasteiger partial charge in [-0.15, -0.1) is 0 Å². The third kappa shape index (κ3) is 7.92. The summed E-state index contributed by atoms with van der Waals surface area (Å²) in [4.78, 5) is 14.9. The van der Waals surface area contributed by atoms with Crippen molar-refractivity contribution in [2.45, 2.75) is 117 Å². The van der Waals surface area contributed by atoms with Crippen LogP contribution in [0.1, 0.15) is 140 Å². The van der Waals surface area contributed by atoms with Crippen molar-refractivity contribution in [3.05, 3.63) is 118 Å². The molecule has 0 bridgehead atoms. The van der Waals surface area contributed by atoms with Gasteiger partial charge in [0.15, 0.2) is 0 Å². The molecule has 2 N–H and O–H groups in total. The Hall–Kier alpha value is -3.74. The van der Waals surface area contributed by atoms with Crippen LogP contribution in [0.2, 0.25) is 0 Å². The predicted molar refractivity (Wildman–Crippen MR) is 206 cm³/mol. The number of aromatic hydroxyl groups is 2. The number of nitrogens with zero attached hydrogens (tertiary/aromatic N) is 4. The number of hydrogen-bond donors (Lipinski definition) is 2. The molecule has 0 amide bonds. The highest BCUT2D eigenvalue weighted by molar-refractivity contribution is 5.53. The normalized spacial score (nSPS) is 16.7. The third-order valence-electron chi connectivity index (χ3n) is 10.1. The molecular formula is C44H60N4O2. The van der Waals surface area contributed by atoms with Gasteiger partial charge in [-0.3, -0.25) is 19.8 Å². The molecule has 0 aliphatic carbocycles. The van der Waals surface area contributed by atoms with Gasteiger partial charge in [-0.1, -0.05) is 95.2 Å². The third-order valence-corrected chi connectivity index (χ3v) is 10.1. The van der Waals surface area contributed by atoms with Gasteiger partial charge in [-0.25, -0.2) is 0 Å². The van der Waals surface area contributed by atoms with Crippen LogP contribution in [0, 0.1) is 0 Å². The summed E-state index contributed by atoms with van der Waals surface area (Å²) in [6.45, 7) is 29.4. The molecule has 1 aliphatic rings. The molecule has 1 aliphatic heterocycles. The molecule has 0 saturated carbocycles. The fourth-order valence-electron chi connectivity index (χ4n) is 7.38. The Morgan fingerprint density at radius 2 is 0.760 bits per heavy atom. The number of aromatic nitrogens is 2. The summed E-state index contributed by atoms with van der Waals surface area (Å²) in [5.41, 5.74) is 7.28. The minimum atomic E-state index is -0.231. The quantitative estimate of drug-likeness (QED) is 0.212. The molecule has 2 aromatic heterocycles. The van der Waals surface area contributed by atoms with E-state index in [2.05, 4.69) is 141 Å². The average Bonchev–Trinajstić information content (AvgIpc) is 3.02. The second kappa shape index (κ2) is 13.8. The summed E-state index contributed by atoms with van der Waals surface area (Å²) in [5.74, 6) is 0.796. The molecule has 4 aromatic rings. The lowest BCUT2D eigenvalue weighted by atomic mass is 9.77. The second-order valence-electron chi connectivity index (χ2n) is 18.3. The maximum Gasteiger partial charge on any atom is 0.123 e. The molecule has 1 saturated heterocycles. The fourth-order valence-corrected chi connectivity index (χ4v) is 7.38. The Kier molecular flexibility index (Phi) is 10.3. The molecule has 3 heterocycles. The Bertz CT molecular complexity index is 1560. The fraction of sp³-hybridized carbons (Fsp3) is 0.500. The van der Waals surface area contributed by atoms with E-state index in [0.717, 1.165) is 70.9 Å². The first kappa shape index (κ1) is 37.5. The number of hydrogen-bond acceptors (Lipinski definition) is 6. The summed E-state index contributed by atoms with van der Waals surface area (Å²) < 4.78 is 0. The van der Waals surface area contributed by atoms with Crippen LogP contribution in [0.25, 0.3) is 0 Å². The smallest absolute Gasteiger partial charge is 0.123 e. The molecule has 2 aromatic carbocycles. The Labute approximate surface area is 301 Å². The van der Waals surface area contributed by atoms with E-state index in [4.69, 9.17) is 9.97 Å². The minimum Gasteiger partial charge on any atom is -0.507 e. The number of rotatable bonds is 6. The lowest BCUT2D eigenvalue weighted by Gasteiger charge is -2.43. The first-order chi connectivity index (χ1) is 23.2. The zero-order valence-electron chi connectivity index (χ0n) is 32.6. The van der Waals surface area contributed by atoms with E-state index in [-0.39, 0.29) is 33.7 Å². The molecule has 2 atom stereocenters. The monoisotopic (exact) mass is 676 g/mol. The second-order valence-corrected chi connectivity index (χ2v) is 18.3. The first-order valence-electron chi connectivity index (χ1n) is 18.2. The molecule has 5 rings (SSSR count). The zero-order valence-corrected chi connectivity index (χ0v) is 32.6. The van der Waals surface area contributed by atoms with Gasteiger partial charge in [0.25, 0.3) is 0 Å². The number of phenolic OH excluding ortho intramolecular Hbond substituents is 2. The average molecular weight is 677 g/mol. The SMILES string of the molecule is CC(C)(C)c1cc([C@@H](c2ccccn2)N2CCN([C@@H](c3cc(C(C)(C)C)c(O)c(C(C)(C)C)c3)c3ccccn3)CC2)cc(C(C)(C)C)c1O. The number of phenols is 2. The van der Waals surface area contributed by atoms with Crippen molar-refractivity contribution < 1.29 is 10.2 Å². The van der Waals surface area contributed by atoms with E-state index >= 15 is 0 Å². The minimum absolute atomic E-state index is 0.0666. The van der Waals surface area contributed by atoms with E-state index in [1.54, 1.807) is 0 Å². The zero-order chi connectivity index (χ0) is 36.8. The van der Waals surface area contributed by atoms with E-state index < -0.39 is 0 Å². The molecule has 50 heavy (non-hydrogen) atoms. The van der Waals surface area contributed by atoms with Gasteiger partial charge in [0.1, 0.15) is 11.5 Å². The maximum absolute atomic E-state index is 11.6. The van der Waals surface area contributed by atoms with E-state index in [9.17, 15) is 10.2 Å². The van der Waals surface area contributed by atoms with Crippen molar-refractivity contribution in [2.75, 3.05) is 26.2 Å². The standard InChI is InChI=1S/C44H60N4O2/c1-41(2,3)31-25-29(26-32(39(31)49)42(4,5)6)37(35-17-13-15-19-45-35)47-21-23-48(24-22-47)38(36-18-14-16-20-46-36)30-27-33(43(7,8)9)40(50)34(28-30)44(10,11)12/h13-20,25-28,37-38,49-50H,21-24H2,1-12H3/t37-,38-/m0/s1. The van der Waals surface area contributed by atoms with Crippen LogP contribution in [0.5, 0.6) is 11.5 Å². The van der Waals surface area contributed by atoms with Crippen LogP contribution in [-0.4, -0.2) is 56.2 Å². The molecule has 0 spiro atoms. The van der Waals surface area contributed by atoms with Crippen LogP contribution < -0.4 is 0 Å².